The number of methoxy groups -OCH3 is 2. The first-order valence-electron chi connectivity index (χ1n) is 7.07. The van der Waals surface area contributed by atoms with Crippen LogP contribution in [0.25, 0.3) is 0 Å². The summed E-state index contributed by atoms with van der Waals surface area (Å²) >= 11 is 0. The lowest BCUT2D eigenvalue weighted by Gasteiger charge is -2.35. The Hall–Kier alpha value is -1.52. The van der Waals surface area contributed by atoms with E-state index in [1.54, 1.807) is 14.2 Å². The number of hydrogen-bond donors (Lipinski definition) is 1. The monoisotopic (exact) mass is 276 g/mol. The average Bonchev–Trinajstić information content (AvgIpc) is 2.52. The predicted octanol–water partition coefficient (Wildman–Crippen LogP) is 2.23. The smallest absolute Gasteiger partial charge is 0.122 e. The van der Waals surface area contributed by atoms with Crippen LogP contribution >= 0.6 is 0 Å². The highest BCUT2D eigenvalue weighted by Crippen LogP contribution is 2.31. The third-order valence-corrected chi connectivity index (χ3v) is 3.74. The zero-order valence-corrected chi connectivity index (χ0v) is 12.4. The Bertz CT molecular complexity index is 420. The summed E-state index contributed by atoms with van der Waals surface area (Å²) in [5.41, 5.74) is 1.23. The van der Waals surface area contributed by atoms with Crippen LogP contribution in [-0.2, 0) is 0 Å². The maximum atomic E-state index is 5.38. The topological polar surface area (TPSA) is 33.7 Å². The van der Waals surface area contributed by atoms with Crippen LogP contribution in [0.5, 0.6) is 11.5 Å². The van der Waals surface area contributed by atoms with Gasteiger partial charge in [-0.25, -0.2) is 0 Å². The van der Waals surface area contributed by atoms with E-state index in [1.165, 1.54) is 5.56 Å². The van der Waals surface area contributed by atoms with Gasteiger partial charge >= 0.3 is 0 Å². The molecule has 0 amide bonds. The predicted molar refractivity (Wildman–Crippen MR) is 81.5 cm³/mol. The van der Waals surface area contributed by atoms with E-state index in [9.17, 15) is 0 Å². The van der Waals surface area contributed by atoms with E-state index < -0.39 is 0 Å². The van der Waals surface area contributed by atoms with E-state index in [2.05, 4.69) is 28.9 Å². The molecule has 1 atom stereocenters. The van der Waals surface area contributed by atoms with Gasteiger partial charge in [0.05, 0.1) is 14.2 Å². The molecular weight excluding hydrogens is 252 g/mol. The lowest BCUT2D eigenvalue weighted by atomic mass is 10.0. The summed E-state index contributed by atoms with van der Waals surface area (Å²) in [6, 6.07) is 6.43. The van der Waals surface area contributed by atoms with Crippen LogP contribution < -0.4 is 14.8 Å². The van der Waals surface area contributed by atoms with Crippen LogP contribution in [0, 0.1) is 0 Å². The molecule has 2 rings (SSSR count). The SMILES string of the molecule is C=CC[C@@H](c1cc(OC)cc(OC)c1)N1CCNCC1. The lowest BCUT2D eigenvalue weighted by molar-refractivity contribution is 0.174. The van der Waals surface area contributed by atoms with Crippen molar-refractivity contribution in [3.8, 4) is 11.5 Å². The van der Waals surface area contributed by atoms with Crippen molar-refractivity contribution >= 4 is 0 Å². The van der Waals surface area contributed by atoms with Crippen molar-refractivity contribution in [2.75, 3.05) is 40.4 Å². The number of nitrogens with zero attached hydrogens (tertiary/aromatic N) is 1. The maximum Gasteiger partial charge on any atom is 0.122 e. The van der Waals surface area contributed by atoms with Gasteiger partial charge in [0.15, 0.2) is 0 Å². The second-order valence-electron chi connectivity index (χ2n) is 4.97. The van der Waals surface area contributed by atoms with Crippen LogP contribution in [0.2, 0.25) is 0 Å². The van der Waals surface area contributed by atoms with Gasteiger partial charge in [0.1, 0.15) is 11.5 Å². The average molecular weight is 276 g/mol. The molecule has 0 saturated carbocycles. The van der Waals surface area contributed by atoms with Crippen molar-refractivity contribution in [2.24, 2.45) is 0 Å². The molecule has 1 heterocycles. The first kappa shape index (κ1) is 14.9. The maximum absolute atomic E-state index is 5.38. The molecule has 1 aromatic carbocycles. The van der Waals surface area contributed by atoms with Crippen molar-refractivity contribution in [1.29, 1.82) is 0 Å². The fourth-order valence-electron chi connectivity index (χ4n) is 2.67. The number of piperazine rings is 1. The Labute approximate surface area is 121 Å². The quantitative estimate of drug-likeness (QED) is 0.808. The normalized spacial score (nSPS) is 17.5. The van der Waals surface area contributed by atoms with Gasteiger partial charge in [0.25, 0.3) is 0 Å². The summed E-state index contributed by atoms with van der Waals surface area (Å²) in [6.07, 6.45) is 2.91. The summed E-state index contributed by atoms with van der Waals surface area (Å²) in [6.45, 7) is 8.08. The van der Waals surface area contributed by atoms with Crippen LogP contribution in [0.3, 0.4) is 0 Å². The molecule has 1 saturated heterocycles. The van der Waals surface area contributed by atoms with Crippen LogP contribution in [0.4, 0.5) is 0 Å². The third-order valence-electron chi connectivity index (χ3n) is 3.74. The fourth-order valence-corrected chi connectivity index (χ4v) is 2.67. The van der Waals surface area contributed by atoms with Crippen LogP contribution in [0.15, 0.2) is 30.9 Å². The zero-order valence-electron chi connectivity index (χ0n) is 12.4. The van der Waals surface area contributed by atoms with Gasteiger partial charge in [-0.3, -0.25) is 4.90 Å². The van der Waals surface area contributed by atoms with E-state index in [0.717, 1.165) is 44.1 Å². The molecule has 20 heavy (non-hydrogen) atoms. The molecule has 0 unspecified atom stereocenters. The second kappa shape index (κ2) is 7.31. The Kier molecular flexibility index (Phi) is 5.44. The third kappa shape index (κ3) is 3.52. The number of rotatable bonds is 6. The minimum Gasteiger partial charge on any atom is -0.497 e. The summed E-state index contributed by atoms with van der Waals surface area (Å²) in [5, 5.41) is 3.39. The van der Waals surface area contributed by atoms with Crippen molar-refractivity contribution in [2.45, 2.75) is 12.5 Å². The Morgan fingerprint density at radius 1 is 1.20 bits per heavy atom. The lowest BCUT2D eigenvalue weighted by Crippen LogP contribution is -2.45. The zero-order chi connectivity index (χ0) is 14.4. The van der Waals surface area contributed by atoms with E-state index in [4.69, 9.17) is 9.47 Å². The molecule has 0 aliphatic carbocycles. The number of benzene rings is 1. The van der Waals surface area contributed by atoms with Crippen LogP contribution in [-0.4, -0.2) is 45.3 Å². The van der Waals surface area contributed by atoms with E-state index in [-0.39, 0.29) is 0 Å². The minimum atomic E-state index is 0.332. The van der Waals surface area contributed by atoms with Crippen molar-refractivity contribution in [3.63, 3.8) is 0 Å². The fraction of sp³-hybridized carbons (Fsp3) is 0.500. The van der Waals surface area contributed by atoms with Gasteiger partial charge in [-0.15, -0.1) is 6.58 Å². The largest absolute Gasteiger partial charge is 0.497 e. The standard InChI is InChI=1S/C16H24N2O2/c1-4-5-16(18-8-6-17-7-9-18)13-10-14(19-2)12-15(11-13)20-3/h4,10-12,16-17H,1,5-9H2,2-3H3/t16-/m0/s1. The summed E-state index contributed by atoms with van der Waals surface area (Å²) in [4.78, 5) is 2.49. The minimum absolute atomic E-state index is 0.332. The van der Waals surface area contributed by atoms with E-state index >= 15 is 0 Å². The first-order chi connectivity index (χ1) is 9.78. The molecule has 1 aliphatic heterocycles. The van der Waals surface area contributed by atoms with Crippen molar-refractivity contribution in [1.82, 2.24) is 10.2 Å². The molecule has 0 aromatic heterocycles. The van der Waals surface area contributed by atoms with Crippen molar-refractivity contribution in [3.05, 3.63) is 36.4 Å². The Morgan fingerprint density at radius 2 is 1.80 bits per heavy atom. The first-order valence-corrected chi connectivity index (χ1v) is 7.07. The Morgan fingerprint density at radius 3 is 2.30 bits per heavy atom. The number of hydrogen-bond acceptors (Lipinski definition) is 4. The molecule has 110 valence electrons. The van der Waals surface area contributed by atoms with Gasteiger partial charge < -0.3 is 14.8 Å². The molecule has 1 aromatic rings. The summed E-state index contributed by atoms with van der Waals surface area (Å²) in [7, 11) is 3.37. The van der Waals surface area contributed by atoms with Crippen molar-refractivity contribution < 1.29 is 9.47 Å². The number of nitrogens with one attached hydrogen (secondary N) is 1. The highest BCUT2D eigenvalue weighted by molar-refractivity contribution is 5.40. The van der Waals surface area contributed by atoms with Gasteiger partial charge in [-0.1, -0.05) is 6.08 Å². The molecular formula is C16H24N2O2. The molecule has 0 bridgehead atoms. The van der Waals surface area contributed by atoms with Gasteiger partial charge in [-0.05, 0) is 24.1 Å². The van der Waals surface area contributed by atoms with Gasteiger partial charge in [0.2, 0.25) is 0 Å². The highest BCUT2D eigenvalue weighted by atomic mass is 16.5. The molecule has 1 N–H and O–H groups in total. The van der Waals surface area contributed by atoms with Gasteiger partial charge in [0, 0.05) is 38.3 Å². The van der Waals surface area contributed by atoms with E-state index in [0.29, 0.717) is 6.04 Å². The molecule has 4 nitrogen and oxygen atoms in total. The molecule has 4 heteroatoms. The summed E-state index contributed by atoms with van der Waals surface area (Å²) < 4.78 is 10.8. The second-order valence-corrected chi connectivity index (χ2v) is 4.97. The van der Waals surface area contributed by atoms with E-state index in [1.807, 2.05) is 12.1 Å². The molecule has 1 aliphatic rings. The molecule has 0 spiro atoms. The molecule has 0 radical (unpaired) electrons. The highest BCUT2D eigenvalue weighted by Gasteiger charge is 2.22. The van der Waals surface area contributed by atoms with Crippen LogP contribution in [0.1, 0.15) is 18.0 Å². The van der Waals surface area contributed by atoms with Gasteiger partial charge in [-0.2, -0.15) is 0 Å². The molecule has 1 fully saturated rings. The summed E-state index contributed by atoms with van der Waals surface area (Å²) in [5.74, 6) is 1.67. The number of ether oxygens (including phenoxy) is 2. The Balaban J connectivity index is 2.29.